The number of carbonyl (C=O) groups is 1. The zero-order chi connectivity index (χ0) is 14.8. The maximum absolute atomic E-state index is 13.4. The monoisotopic (exact) mass is 296 g/mol. The van der Waals surface area contributed by atoms with E-state index in [0.717, 1.165) is 12.1 Å². The largest absolute Gasteiger partial charge is 0.293 e. The molecule has 0 saturated carbocycles. The van der Waals surface area contributed by atoms with Crippen LogP contribution in [0, 0.1) is 11.6 Å². The predicted molar refractivity (Wildman–Crippen MR) is 69.2 cm³/mol. The van der Waals surface area contributed by atoms with E-state index < -0.39 is 38.6 Å². The Balaban J connectivity index is 2.30. The van der Waals surface area contributed by atoms with Crippen LogP contribution in [0.5, 0.6) is 0 Å². The van der Waals surface area contributed by atoms with E-state index in [1.54, 1.807) is 6.07 Å². The minimum atomic E-state index is -3.88. The topological polar surface area (TPSA) is 51.2 Å². The molecule has 0 aromatic heterocycles. The van der Waals surface area contributed by atoms with Crippen molar-refractivity contribution in [3.05, 3.63) is 65.7 Å². The summed E-state index contributed by atoms with van der Waals surface area (Å²) in [6.45, 7) is 0. The SMILES string of the molecule is O=C(CS(=O)(=O)c1ccccc1)c1cc(F)ccc1F. The van der Waals surface area contributed by atoms with Crippen molar-refractivity contribution in [3.8, 4) is 0 Å². The summed E-state index contributed by atoms with van der Waals surface area (Å²) in [6.07, 6.45) is 0. The molecule has 0 aliphatic heterocycles. The van der Waals surface area contributed by atoms with Gasteiger partial charge in [0.2, 0.25) is 0 Å². The van der Waals surface area contributed by atoms with Crippen LogP contribution in [0.15, 0.2) is 53.4 Å². The van der Waals surface area contributed by atoms with Crippen LogP contribution < -0.4 is 0 Å². The van der Waals surface area contributed by atoms with Gasteiger partial charge in [0.1, 0.15) is 17.4 Å². The Hall–Kier alpha value is -2.08. The first-order chi connectivity index (χ1) is 9.40. The molecule has 0 saturated heterocycles. The van der Waals surface area contributed by atoms with E-state index in [2.05, 4.69) is 0 Å². The molecular formula is C14H10F2O3S. The van der Waals surface area contributed by atoms with Gasteiger partial charge in [-0.3, -0.25) is 4.79 Å². The number of hydrogen-bond donors (Lipinski definition) is 0. The third-order valence-electron chi connectivity index (χ3n) is 2.65. The molecule has 6 heteroatoms. The predicted octanol–water partition coefficient (Wildman–Crippen LogP) is 2.62. The average molecular weight is 296 g/mol. The quantitative estimate of drug-likeness (QED) is 0.815. The van der Waals surface area contributed by atoms with E-state index in [1.165, 1.54) is 24.3 Å². The number of halogens is 2. The van der Waals surface area contributed by atoms with Crippen molar-refractivity contribution in [3.63, 3.8) is 0 Å². The Morgan fingerprint density at radius 2 is 1.65 bits per heavy atom. The zero-order valence-corrected chi connectivity index (χ0v) is 11.0. The van der Waals surface area contributed by atoms with Gasteiger partial charge in [-0.25, -0.2) is 17.2 Å². The van der Waals surface area contributed by atoms with Crippen molar-refractivity contribution >= 4 is 15.6 Å². The molecule has 0 amide bonds. The lowest BCUT2D eigenvalue weighted by molar-refractivity contribution is 0.101. The van der Waals surface area contributed by atoms with E-state index in [1.807, 2.05) is 0 Å². The molecule has 0 heterocycles. The van der Waals surface area contributed by atoms with Crippen LogP contribution in [0.3, 0.4) is 0 Å². The summed E-state index contributed by atoms with van der Waals surface area (Å²) in [5.74, 6) is -3.63. The Morgan fingerprint density at radius 1 is 1.00 bits per heavy atom. The summed E-state index contributed by atoms with van der Waals surface area (Å²) in [5.41, 5.74) is -0.565. The Morgan fingerprint density at radius 3 is 2.30 bits per heavy atom. The summed E-state index contributed by atoms with van der Waals surface area (Å²) < 4.78 is 50.4. The number of Topliss-reactive ketones (excluding diaryl/α,β-unsaturated/α-hetero) is 1. The normalized spacial score (nSPS) is 11.3. The fraction of sp³-hybridized carbons (Fsp3) is 0.0714. The lowest BCUT2D eigenvalue weighted by Gasteiger charge is -2.05. The van der Waals surface area contributed by atoms with Crippen molar-refractivity contribution in [2.24, 2.45) is 0 Å². The zero-order valence-electron chi connectivity index (χ0n) is 10.2. The molecule has 104 valence electrons. The highest BCUT2D eigenvalue weighted by Crippen LogP contribution is 2.15. The lowest BCUT2D eigenvalue weighted by Crippen LogP contribution is -2.17. The second-order valence-corrected chi connectivity index (χ2v) is 6.11. The fourth-order valence-corrected chi connectivity index (χ4v) is 2.91. The number of hydrogen-bond acceptors (Lipinski definition) is 3. The number of rotatable bonds is 4. The second kappa shape index (κ2) is 5.50. The molecule has 2 aromatic carbocycles. The highest BCUT2D eigenvalue weighted by molar-refractivity contribution is 7.92. The van der Waals surface area contributed by atoms with Gasteiger partial charge in [-0.15, -0.1) is 0 Å². The van der Waals surface area contributed by atoms with Crippen molar-refractivity contribution < 1.29 is 22.0 Å². The number of benzene rings is 2. The van der Waals surface area contributed by atoms with Crippen molar-refractivity contribution in [2.45, 2.75) is 4.90 Å². The minimum absolute atomic E-state index is 0.0369. The van der Waals surface area contributed by atoms with E-state index in [9.17, 15) is 22.0 Å². The van der Waals surface area contributed by atoms with E-state index in [0.29, 0.717) is 6.07 Å². The van der Waals surface area contributed by atoms with Gasteiger partial charge in [-0.05, 0) is 30.3 Å². The minimum Gasteiger partial charge on any atom is -0.293 e. The first-order valence-corrected chi connectivity index (χ1v) is 7.31. The third kappa shape index (κ3) is 3.08. The van der Waals surface area contributed by atoms with Gasteiger partial charge in [0.25, 0.3) is 0 Å². The summed E-state index contributed by atoms with van der Waals surface area (Å²) in [7, 11) is -3.88. The molecule has 20 heavy (non-hydrogen) atoms. The standard InChI is InChI=1S/C14H10F2O3S/c15-10-6-7-13(16)12(8-10)14(17)9-20(18,19)11-4-2-1-3-5-11/h1-8H,9H2. The smallest absolute Gasteiger partial charge is 0.185 e. The summed E-state index contributed by atoms with van der Waals surface area (Å²) in [5, 5.41) is 0. The van der Waals surface area contributed by atoms with Crippen molar-refractivity contribution in [1.29, 1.82) is 0 Å². The van der Waals surface area contributed by atoms with Gasteiger partial charge in [0.05, 0.1) is 10.5 Å². The fourth-order valence-electron chi connectivity index (χ4n) is 1.67. The summed E-state index contributed by atoms with van der Waals surface area (Å²) in [6, 6.07) is 9.68. The lowest BCUT2D eigenvalue weighted by atomic mass is 10.1. The molecule has 0 bridgehead atoms. The molecule has 0 radical (unpaired) electrons. The van der Waals surface area contributed by atoms with Crippen LogP contribution in [-0.2, 0) is 9.84 Å². The van der Waals surface area contributed by atoms with Crippen LogP contribution in [0.2, 0.25) is 0 Å². The average Bonchev–Trinajstić information content (AvgIpc) is 2.42. The highest BCUT2D eigenvalue weighted by atomic mass is 32.2. The molecule has 2 aromatic rings. The van der Waals surface area contributed by atoms with E-state index in [-0.39, 0.29) is 4.90 Å². The molecule has 0 aliphatic carbocycles. The molecule has 3 nitrogen and oxygen atoms in total. The first kappa shape index (κ1) is 14.3. The van der Waals surface area contributed by atoms with E-state index >= 15 is 0 Å². The molecule has 0 atom stereocenters. The number of carbonyl (C=O) groups excluding carboxylic acids is 1. The Kier molecular flexibility index (Phi) is 3.94. The third-order valence-corrected chi connectivity index (χ3v) is 4.28. The first-order valence-electron chi connectivity index (χ1n) is 5.66. The molecule has 2 rings (SSSR count). The second-order valence-electron chi connectivity index (χ2n) is 4.12. The van der Waals surface area contributed by atoms with Crippen LogP contribution in [0.4, 0.5) is 8.78 Å². The number of sulfone groups is 1. The molecular weight excluding hydrogens is 286 g/mol. The van der Waals surface area contributed by atoms with Crippen molar-refractivity contribution in [1.82, 2.24) is 0 Å². The summed E-state index contributed by atoms with van der Waals surface area (Å²) >= 11 is 0. The highest BCUT2D eigenvalue weighted by Gasteiger charge is 2.22. The Bertz CT molecular complexity index is 740. The maximum Gasteiger partial charge on any atom is 0.185 e. The van der Waals surface area contributed by atoms with Crippen molar-refractivity contribution in [2.75, 3.05) is 5.75 Å². The van der Waals surface area contributed by atoms with Gasteiger partial charge in [-0.2, -0.15) is 0 Å². The van der Waals surface area contributed by atoms with Gasteiger partial charge >= 0.3 is 0 Å². The maximum atomic E-state index is 13.4. The Labute approximate surface area is 114 Å². The summed E-state index contributed by atoms with van der Waals surface area (Å²) in [4.78, 5) is 11.8. The molecule has 0 aliphatic rings. The number of ketones is 1. The molecule has 0 unspecified atom stereocenters. The van der Waals surface area contributed by atoms with Crippen LogP contribution in [0.25, 0.3) is 0 Å². The van der Waals surface area contributed by atoms with Crippen LogP contribution in [-0.4, -0.2) is 20.0 Å². The van der Waals surface area contributed by atoms with Gasteiger partial charge in [0.15, 0.2) is 15.6 Å². The van der Waals surface area contributed by atoms with E-state index in [4.69, 9.17) is 0 Å². The van der Waals surface area contributed by atoms with Gasteiger partial charge in [-0.1, -0.05) is 18.2 Å². The molecule has 0 N–H and O–H groups in total. The molecule has 0 fully saturated rings. The van der Waals surface area contributed by atoms with Gasteiger partial charge in [0, 0.05) is 0 Å². The van der Waals surface area contributed by atoms with Gasteiger partial charge < -0.3 is 0 Å². The van der Waals surface area contributed by atoms with Crippen LogP contribution >= 0.6 is 0 Å². The van der Waals surface area contributed by atoms with Crippen LogP contribution in [0.1, 0.15) is 10.4 Å². The molecule has 0 spiro atoms.